The largest absolute Gasteiger partial charge is 0.342 e. The van der Waals surface area contributed by atoms with Crippen molar-refractivity contribution in [2.24, 2.45) is 5.92 Å². The minimum Gasteiger partial charge on any atom is -0.342 e. The van der Waals surface area contributed by atoms with Crippen LogP contribution in [0, 0.1) is 12.8 Å². The highest BCUT2D eigenvalue weighted by atomic mass is 16.2. The summed E-state index contributed by atoms with van der Waals surface area (Å²) >= 11 is 0. The van der Waals surface area contributed by atoms with Crippen LogP contribution in [0.3, 0.4) is 0 Å². The van der Waals surface area contributed by atoms with Gasteiger partial charge >= 0.3 is 0 Å². The summed E-state index contributed by atoms with van der Waals surface area (Å²) in [6, 6.07) is 0.496. The zero-order chi connectivity index (χ0) is 14.5. The number of amides is 1. The van der Waals surface area contributed by atoms with Gasteiger partial charge in [-0.15, -0.1) is 0 Å². The Hall–Kier alpha value is -1.36. The Bertz CT molecular complexity index is 443. The molecular formula is C15H26N4O. The second kappa shape index (κ2) is 6.88. The molecule has 0 saturated carbocycles. The summed E-state index contributed by atoms with van der Waals surface area (Å²) in [5, 5.41) is 10.7. The van der Waals surface area contributed by atoms with Crippen molar-refractivity contribution >= 4 is 5.91 Å². The van der Waals surface area contributed by atoms with E-state index in [9.17, 15) is 4.79 Å². The standard InChI is InChI=1S/C15H26N4O/c1-4-12-10-19(15(20)5-2)7-6-14(12)16-8-13-9-17-18-11(13)3/h9,12,14,16H,4-8,10H2,1-3H3,(H,17,18)/t12-,14-/m1/s1. The number of H-pyrrole nitrogens is 1. The molecule has 0 spiro atoms. The van der Waals surface area contributed by atoms with Crippen molar-refractivity contribution in [3.8, 4) is 0 Å². The maximum Gasteiger partial charge on any atom is 0.222 e. The average Bonchev–Trinajstić information content (AvgIpc) is 2.89. The number of hydrogen-bond donors (Lipinski definition) is 2. The Labute approximate surface area is 121 Å². The lowest BCUT2D eigenvalue weighted by Gasteiger charge is -2.38. The topological polar surface area (TPSA) is 61.0 Å². The van der Waals surface area contributed by atoms with Crippen LogP contribution in [0.5, 0.6) is 0 Å². The number of nitrogens with one attached hydrogen (secondary N) is 2. The van der Waals surface area contributed by atoms with Crippen LogP contribution in [-0.2, 0) is 11.3 Å². The van der Waals surface area contributed by atoms with Gasteiger partial charge in [0.2, 0.25) is 5.91 Å². The van der Waals surface area contributed by atoms with Gasteiger partial charge < -0.3 is 10.2 Å². The molecule has 1 amide bonds. The molecule has 1 aromatic heterocycles. The monoisotopic (exact) mass is 278 g/mol. The molecule has 0 aromatic carbocycles. The predicted molar refractivity (Wildman–Crippen MR) is 79.2 cm³/mol. The fourth-order valence-electron chi connectivity index (χ4n) is 2.96. The van der Waals surface area contributed by atoms with E-state index >= 15 is 0 Å². The summed E-state index contributed by atoms with van der Waals surface area (Å²) in [4.78, 5) is 13.8. The van der Waals surface area contributed by atoms with Gasteiger partial charge in [0.25, 0.3) is 0 Å². The van der Waals surface area contributed by atoms with Gasteiger partial charge in [-0.25, -0.2) is 0 Å². The molecule has 5 heteroatoms. The fraction of sp³-hybridized carbons (Fsp3) is 0.733. The van der Waals surface area contributed by atoms with Crippen LogP contribution in [-0.4, -0.2) is 40.1 Å². The van der Waals surface area contributed by atoms with E-state index in [4.69, 9.17) is 0 Å². The van der Waals surface area contributed by atoms with Crippen LogP contribution in [0.2, 0.25) is 0 Å². The number of aromatic amines is 1. The van der Waals surface area contributed by atoms with Gasteiger partial charge in [0.15, 0.2) is 0 Å². The van der Waals surface area contributed by atoms with E-state index in [2.05, 4.69) is 22.4 Å². The summed E-state index contributed by atoms with van der Waals surface area (Å²) in [6.45, 7) is 8.82. The Morgan fingerprint density at radius 1 is 1.55 bits per heavy atom. The molecule has 1 saturated heterocycles. The van der Waals surface area contributed by atoms with E-state index in [-0.39, 0.29) is 5.91 Å². The number of nitrogens with zero attached hydrogens (tertiary/aromatic N) is 2. The molecule has 0 bridgehead atoms. The van der Waals surface area contributed by atoms with Gasteiger partial charge in [-0.05, 0) is 19.3 Å². The first kappa shape index (κ1) is 15.0. The molecule has 2 heterocycles. The first-order chi connectivity index (χ1) is 9.65. The first-order valence-electron chi connectivity index (χ1n) is 7.65. The molecule has 20 heavy (non-hydrogen) atoms. The summed E-state index contributed by atoms with van der Waals surface area (Å²) in [6.07, 6.45) is 4.65. The van der Waals surface area contributed by atoms with Crippen molar-refractivity contribution in [2.45, 2.75) is 52.6 Å². The van der Waals surface area contributed by atoms with E-state index in [1.807, 2.05) is 24.9 Å². The number of hydrogen-bond acceptors (Lipinski definition) is 3. The van der Waals surface area contributed by atoms with E-state index < -0.39 is 0 Å². The van der Waals surface area contributed by atoms with Crippen molar-refractivity contribution in [1.82, 2.24) is 20.4 Å². The third-order valence-corrected chi connectivity index (χ3v) is 4.40. The van der Waals surface area contributed by atoms with Crippen LogP contribution in [0.4, 0.5) is 0 Å². The van der Waals surface area contributed by atoms with Crippen molar-refractivity contribution in [2.75, 3.05) is 13.1 Å². The summed E-state index contributed by atoms with van der Waals surface area (Å²) < 4.78 is 0. The number of aryl methyl sites for hydroxylation is 1. The lowest BCUT2D eigenvalue weighted by molar-refractivity contribution is -0.133. The number of piperidine rings is 1. The summed E-state index contributed by atoms with van der Waals surface area (Å²) in [5.41, 5.74) is 2.36. The van der Waals surface area contributed by atoms with Crippen molar-refractivity contribution in [3.63, 3.8) is 0 Å². The zero-order valence-corrected chi connectivity index (χ0v) is 12.8. The van der Waals surface area contributed by atoms with Crippen molar-refractivity contribution in [1.29, 1.82) is 0 Å². The minimum absolute atomic E-state index is 0.285. The average molecular weight is 278 g/mol. The van der Waals surface area contributed by atoms with Crippen LogP contribution >= 0.6 is 0 Å². The Kier molecular flexibility index (Phi) is 5.17. The fourth-order valence-corrected chi connectivity index (χ4v) is 2.96. The molecule has 0 radical (unpaired) electrons. The highest BCUT2D eigenvalue weighted by Gasteiger charge is 2.29. The molecule has 1 aromatic rings. The Morgan fingerprint density at radius 3 is 2.95 bits per heavy atom. The van der Waals surface area contributed by atoms with E-state index in [0.717, 1.165) is 38.2 Å². The molecule has 0 unspecified atom stereocenters. The second-order valence-electron chi connectivity index (χ2n) is 5.66. The van der Waals surface area contributed by atoms with Gasteiger partial charge in [-0.1, -0.05) is 20.3 Å². The number of aromatic nitrogens is 2. The third kappa shape index (κ3) is 3.39. The molecular weight excluding hydrogens is 252 g/mol. The molecule has 1 aliphatic heterocycles. The molecule has 0 aliphatic carbocycles. The van der Waals surface area contributed by atoms with Gasteiger partial charge in [-0.3, -0.25) is 9.89 Å². The van der Waals surface area contributed by atoms with Crippen LogP contribution in [0.25, 0.3) is 0 Å². The lowest BCUT2D eigenvalue weighted by atomic mass is 9.89. The first-order valence-corrected chi connectivity index (χ1v) is 7.65. The highest BCUT2D eigenvalue weighted by molar-refractivity contribution is 5.75. The van der Waals surface area contributed by atoms with Crippen molar-refractivity contribution < 1.29 is 4.79 Å². The highest BCUT2D eigenvalue weighted by Crippen LogP contribution is 2.21. The molecule has 1 fully saturated rings. The summed E-state index contributed by atoms with van der Waals surface area (Å²) in [7, 11) is 0. The molecule has 1 aliphatic rings. The normalized spacial score (nSPS) is 23.1. The third-order valence-electron chi connectivity index (χ3n) is 4.40. The smallest absolute Gasteiger partial charge is 0.222 e. The maximum absolute atomic E-state index is 11.8. The van der Waals surface area contributed by atoms with Gasteiger partial charge in [-0.2, -0.15) is 5.10 Å². The van der Waals surface area contributed by atoms with E-state index in [1.54, 1.807) is 0 Å². The molecule has 112 valence electrons. The van der Waals surface area contributed by atoms with E-state index in [1.165, 1.54) is 5.56 Å². The van der Waals surface area contributed by atoms with Crippen LogP contribution in [0.1, 0.15) is 44.4 Å². The molecule has 2 N–H and O–H groups in total. The second-order valence-corrected chi connectivity index (χ2v) is 5.66. The number of rotatable bonds is 5. The van der Waals surface area contributed by atoms with Gasteiger partial charge in [0.05, 0.1) is 6.20 Å². The Balaban J connectivity index is 1.89. The minimum atomic E-state index is 0.285. The quantitative estimate of drug-likeness (QED) is 0.864. The molecule has 5 nitrogen and oxygen atoms in total. The number of carbonyl (C=O) groups excluding carboxylic acids is 1. The summed E-state index contributed by atoms with van der Waals surface area (Å²) in [5.74, 6) is 0.832. The molecule has 2 atom stereocenters. The zero-order valence-electron chi connectivity index (χ0n) is 12.8. The SMILES string of the molecule is CCC(=O)N1CC[C@@H](NCc2cn[nH]c2C)[C@H](CC)C1. The Morgan fingerprint density at radius 2 is 2.35 bits per heavy atom. The number of likely N-dealkylation sites (tertiary alicyclic amines) is 1. The maximum atomic E-state index is 11.8. The van der Waals surface area contributed by atoms with Crippen LogP contribution in [0.15, 0.2) is 6.20 Å². The lowest BCUT2D eigenvalue weighted by Crippen LogP contribution is -2.50. The van der Waals surface area contributed by atoms with Gasteiger partial charge in [0.1, 0.15) is 0 Å². The predicted octanol–water partition coefficient (Wildman–Crippen LogP) is 1.84. The van der Waals surface area contributed by atoms with Crippen LogP contribution < -0.4 is 5.32 Å². The molecule has 2 rings (SSSR count). The van der Waals surface area contributed by atoms with Gasteiger partial charge in [0, 0.05) is 43.4 Å². The van der Waals surface area contributed by atoms with Crippen molar-refractivity contribution in [3.05, 3.63) is 17.5 Å². The van der Waals surface area contributed by atoms with E-state index in [0.29, 0.717) is 18.4 Å². The number of carbonyl (C=O) groups is 1.